The van der Waals surface area contributed by atoms with Crippen LogP contribution in [0.15, 0.2) is 35.4 Å². The first-order valence-electron chi connectivity index (χ1n) is 7.70. The van der Waals surface area contributed by atoms with Crippen molar-refractivity contribution in [3.05, 3.63) is 40.9 Å². The van der Waals surface area contributed by atoms with Crippen LogP contribution in [-0.4, -0.2) is 33.0 Å². The molecule has 1 saturated heterocycles. The monoisotopic (exact) mass is 313 g/mol. The first-order chi connectivity index (χ1) is 11.1. The molecule has 3 rings (SSSR count). The van der Waals surface area contributed by atoms with E-state index in [1.165, 1.54) is 6.07 Å². The van der Waals surface area contributed by atoms with Crippen molar-refractivity contribution in [2.45, 2.75) is 32.4 Å². The smallest absolute Gasteiger partial charge is 0.255 e. The minimum Gasteiger partial charge on any atom is -0.368 e. The number of anilines is 1. The number of hydrogen-bond donors (Lipinski definition) is 1. The largest absolute Gasteiger partial charge is 0.368 e. The van der Waals surface area contributed by atoms with Crippen LogP contribution in [0.1, 0.15) is 19.8 Å². The molecule has 7 heteroatoms. The van der Waals surface area contributed by atoms with E-state index in [-0.39, 0.29) is 11.5 Å². The summed E-state index contributed by atoms with van der Waals surface area (Å²) >= 11 is 0. The van der Waals surface area contributed by atoms with Crippen molar-refractivity contribution in [2.75, 3.05) is 11.4 Å². The van der Waals surface area contributed by atoms with Crippen LogP contribution in [0.3, 0.4) is 0 Å². The number of aromatic nitrogens is 3. The molecule has 0 bridgehead atoms. The van der Waals surface area contributed by atoms with Gasteiger partial charge in [-0.25, -0.2) is 4.98 Å². The van der Waals surface area contributed by atoms with Gasteiger partial charge < -0.3 is 10.6 Å². The van der Waals surface area contributed by atoms with Gasteiger partial charge in [-0.3, -0.25) is 19.1 Å². The molecule has 0 aliphatic carbocycles. The zero-order chi connectivity index (χ0) is 16.4. The Balaban J connectivity index is 2.13. The van der Waals surface area contributed by atoms with Crippen LogP contribution in [0.5, 0.6) is 0 Å². The summed E-state index contributed by atoms with van der Waals surface area (Å²) in [7, 11) is 0. The summed E-state index contributed by atoms with van der Waals surface area (Å²) in [5.74, 6) is 0.127. The lowest BCUT2D eigenvalue weighted by Crippen LogP contribution is -2.43. The molecule has 1 amide bonds. The van der Waals surface area contributed by atoms with Gasteiger partial charge in [-0.05, 0) is 31.9 Å². The zero-order valence-corrected chi connectivity index (χ0v) is 13.0. The van der Waals surface area contributed by atoms with E-state index >= 15 is 0 Å². The molecule has 1 fully saturated rings. The van der Waals surface area contributed by atoms with Crippen LogP contribution in [0.25, 0.3) is 11.3 Å². The molecule has 0 radical (unpaired) electrons. The molecule has 1 atom stereocenters. The topological polar surface area (TPSA) is 94.1 Å². The quantitative estimate of drug-likeness (QED) is 0.900. The minimum atomic E-state index is -0.410. The Labute approximate surface area is 133 Å². The Kier molecular flexibility index (Phi) is 4.10. The maximum Gasteiger partial charge on any atom is 0.255 e. The van der Waals surface area contributed by atoms with Crippen molar-refractivity contribution in [3.8, 4) is 11.3 Å². The van der Waals surface area contributed by atoms with Crippen molar-refractivity contribution >= 4 is 11.9 Å². The third-order valence-electron chi connectivity index (χ3n) is 4.12. The van der Waals surface area contributed by atoms with Gasteiger partial charge in [0.1, 0.15) is 6.04 Å². The standard InChI is InChI=1S/C16H19N5O2/c1-2-20-14(22)10-12(11-5-7-18-8-6-11)19-16(20)21-9-3-4-13(21)15(17)23/h5-8,10,13H,2-4,9H2,1H3,(H2,17,23)/t13-/m0/s1. The third-order valence-corrected chi connectivity index (χ3v) is 4.12. The number of carbonyl (C=O) groups excluding carboxylic acids is 1. The summed E-state index contributed by atoms with van der Waals surface area (Å²) in [4.78, 5) is 34.6. The molecule has 0 spiro atoms. The molecule has 0 saturated carbocycles. The van der Waals surface area contributed by atoms with E-state index in [2.05, 4.69) is 9.97 Å². The molecule has 0 unspecified atom stereocenters. The lowest BCUT2D eigenvalue weighted by molar-refractivity contribution is -0.119. The number of carbonyl (C=O) groups is 1. The van der Waals surface area contributed by atoms with Crippen molar-refractivity contribution < 1.29 is 4.79 Å². The highest BCUT2D eigenvalue weighted by atomic mass is 16.1. The van der Waals surface area contributed by atoms with Crippen molar-refractivity contribution in [3.63, 3.8) is 0 Å². The van der Waals surface area contributed by atoms with E-state index in [1.54, 1.807) is 29.1 Å². The number of primary amides is 1. The number of rotatable bonds is 4. The van der Waals surface area contributed by atoms with E-state index in [4.69, 9.17) is 5.73 Å². The minimum absolute atomic E-state index is 0.139. The second-order valence-electron chi connectivity index (χ2n) is 5.51. The highest BCUT2D eigenvalue weighted by Gasteiger charge is 2.32. The van der Waals surface area contributed by atoms with Crippen molar-refractivity contribution in [2.24, 2.45) is 5.73 Å². The first kappa shape index (κ1) is 15.2. The average molecular weight is 313 g/mol. The summed E-state index contributed by atoms with van der Waals surface area (Å²) in [6.45, 7) is 3.04. The van der Waals surface area contributed by atoms with Gasteiger partial charge in [0.2, 0.25) is 11.9 Å². The summed E-state index contributed by atoms with van der Waals surface area (Å²) in [5.41, 5.74) is 6.75. The lowest BCUT2D eigenvalue weighted by atomic mass is 10.2. The molecule has 1 aliphatic rings. The summed E-state index contributed by atoms with van der Waals surface area (Å²) in [5, 5.41) is 0. The lowest BCUT2D eigenvalue weighted by Gasteiger charge is -2.26. The Bertz CT molecular complexity index is 772. The van der Waals surface area contributed by atoms with Crippen LogP contribution in [0, 0.1) is 0 Å². The highest BCUT2D eigenvalue weighted by Crippen LogP contribution is 2.25. The Morgan fingerprint density at radius 3 is 2.78 bits per heavy atom. The second kappa shape index (κ2) is 6.20. The van der Waals surface area contributed by atoms with Crippen LogP contribution in [-0.2, 0) is 11.3 Å². The Morgan fingerprint density at radius 1 is 1.39 bits per heavy atom. The van der Waals surface area contributed by atoms with Crippen LogP contribution in [0.2, 0.25) is 0 Å². The number of nitrogens with two attached hydrogens (primary N) is 1. The predicted molar refractivity (Wildman–Crippen MR) is 87.0 cm³/mol. The zero-order valence-electron chi connectivity index (χ0n) is 13.0. The number of hydrogen-bond acceptors (Lipinski definition) is 5. The summed E-state index contributed by atoms with van der Waals surface area (Å²) in [6, 6.07) is 4.71. The van der Waals surface area contributed by atoms with Crippen LogP contribution >= 0.6 is 0 Å². The first-order valence-corrected chi connectivity index (χ1v) is 7.70. The normalized spacial score (nSPS) is 17.4. The Morgan fingerprint density at radius 2 is 2.13 bits per heavy atom. The molecule has 7 nitrogen and oxygen atoms in total. The SMILES string of the molecule is CCn1c(N2CCC[C@H]2C(N)=O)nc(-c2ccncc2)cc1=O. The Hall–Kier alpha value is -2.70. The van der Waals surface area contributed by atoms with E-state index in [0.29, 0.717) is 31.2 Å². The second-order valence-corrected chi connectivity index (χ2v) is 5.51. The molecule has 23 heavy (non-hydrogen) atoms. The fraction of sp³-hybridized carbons (Fsp3) is 0.375. The number of amides is 1. The van der Waals surface area contributed by atoms with Gasteiger partial charge >= 0.3 is 0 Å². The molecule has 2 N–H and O–H groups in total. The summed E-state index contributed by atoms with van der Waals surface area (Å²) < 4.78 is 1.58. The molecule has 2 aromatic rings. The van der Waals surface area contributed by atoms with Crippen LogP contribution in [0.4, 0.5) is 5.95 Å². The van der Waals surface area contributed by atoms with Gasteiger partial charge in [0.25, 0.3) is 5.56 Å². The molecular weight excluding hydrogens is 294 g/mol. The number of pyridine rings is 1. The predicted octanol–water partition coefficient (Wildman–Crippen LogP) is 0.779. The van der Waals surface area contributed by atoms with Crippen molar-refractivity contribution in [1.29, 1.82) is 0 Å². The van der Waals surface area contributed by atoms with Crippen molar-refractivity contribution in [1.82, 2.24) is 14.5 Å². The fourth-order valence-corrected chi connectivity index (χ4v) is 2.98. The van der Waals surface area contributed by atoms with Gasteiger partial charge in [0.15, 0.2) is 0 Å². The van der Waals surface area contributed by atoms with Gasteiger partial charge in [-0.2, -0.15) is 0 Å². The van der Waals surface area contributed by atoms with E-state index in [0.717, 1.165) is 12.0 Å². The molecule has 2 aromatic heterocycles. The van der Waals surface area contributed by atoms with Gasteiger partial charge in [0.05, 0.1) is 5.69 Å². The maximum absolute atomic E-state index is 12.5. The molecule has 3 heterocycles. The van der Waals surface area contributed by atoms with E-state index in [1.807, 2.05) is 11.8 Å². The van der Waals surface area contributed by atoms with E-state index in [9.17, 15) is 9.59 Å². The molecule has 120 valence electrons. The molecular formula is C16H19N5O2. The average Bonchev–Trinajstić information content (AvgIpc) is 3.04. The highest BCUT2D eigenvalue weighted by molar-refractivity contribution is 5.83. The van der Waals surface area contributed by atoms with Gasteiger partial charge in [-0.15, -0.1) is 0 Å². The van der Waals surface area contributed by atoms with Gasteiger partial charge in [-0.1, -0.05) is 0 Å². The third kappa shape index (κ3) is 2.81. The molecule has 1 aliphatic heterocycles. The fourth-order valence-electron chi connectivity index (χ4n) is 2.98. The van der Waals surface area contributed by atoms with Crippen LogP contribution < -0.4 is 16.2 Å². The summed E-state index contributed by atoms with van der Waals surface area (Å²) in [6.07, 6.45) is 4.86. The van der Waals surface area contributed by atoms with Gasteiger partial charge in [0, 0.05) is 37.1 Å². The maximum atomic E-state index is 12.5. The number of nitrogens with zero attached hydrogens (tertiary/aromatic N) is 4. The van der Waals surface area contributed by atoms with E-state index < -0.39 is 6.04 Å². The molecule has 0 aromatic carbocycles.